The Balaban J connectivity index is 1.93. The Labute approximate surface area is 144 Å². The molecule has 1 N–H and O–H groups in total. The number of nitrogens with zero attached hydrogens (tertiary/aromatic N) is 1. The number of benzene rings is 1. The lowest BCUT2D eigenvalue weighted by Crippen LogP contribution is -2.44. The highest BCUT2D eigenvalue weighted by molar-refractivity contribution is 5.93. The molecule has 1 heterocycles. The third-order valence-corrected chi connectivity index (χ3v) is 4.87. The predicted molar refractivity (Wildman–Crippen MR) is 96.5 cm³/mol. The summed E-state index contributed by atoms with van der Waals surface area (Å²) in [6, 6.07) is 8.50. The monoisotopic (exact) mass is 326 g/mol. The van der Waals surface area contributed by atoms with Crippen molar-refractivity contribution in [1.82, 2.24) is 5.32 Å². The largest absolute Gasteiger partial charge is 0.495 e. The zero-order valence-electron chi connectivity index (χ0n) is 14.9. The number of rotatable bonds is 3. The van der Waals surface area contributed by atoms with Crippen molar-refractivity contribution in [2.75, 3.05) is 12.0 Å². The summed E-state index contributed by atoms with van der Waals surface area (Å²) >= 11 is 0. The Morgan fingerprint density at radius 3 is 2.75 bits per heavy atom. The molecule has 3 rings (SSSR count). The Morgan fingerprint density at radius 1 is 1.29 bits per heavy atom. The SMILES string of the molecule is COC1=CC[C@@H](C)C=C1NC1CC(C)N(C(C)=O)c2ccccc21. The van der Waals surface area contributed by atoms with Gasteiger partial charge in [-0.25, -0.2) is 0 Å². The second-order valence-electron chi connectivity index (χ2n) is 6.80. The molecule has 0 aromatic heterocycles. The van der Waals surface area contributed by atoms with Gasteiger partial charge in [0.15, 0.2) is 0 Å². The van der Waals surface area contributed by atoms with Crippen LogP contribution in [0.25, 0.3) is 0 Å². The number of amides is 1. The van der Waals surface area contributed by atoms with Gasteiger partial charge in [-0.05, 0) is 43.4 Å². The van der Waals surface area contributed by atoms with Crippen molar-refractivity contribution in [2.45, 2.75) is 45.7 Å². The van der Waals surface area contributed by atoms with Crippen LogP contribution in [-0.2, 0) is 9.53 Å². The number of allylic oxidation sites excluding steroid dienone is 2. The van der Waals surface area contributed by atoms with Gasteiger partial charge in [0.2, 0.25) is 5.91 Å². The number of methoxy groups -OCH3 is 1. The maximum absolute atomic E-state index is 12.1. The van der Waals surface area contributed by atoms with E-state index in [-0.39, 0.29) is 18.0 Å². The van der Waals surface area contributed by atoms with Gasteiger partial charge >= 0.3 is 0 Å². The van der Waals surface area contributed by atoms with Crippen molar-refractivity contribution in [3.63, 3.8) is 0 Å². The average Bonchev–Trinajstić information content (AvgIpc) is 2.54. The van der Waals surface area contributed by atoms with Crippen molar-refractivity contribution in [3.8, 4) is 0 Å². The average molecular weight is 326 g/mol. The predicted octanol–water partition coefficient (Wildman–Crippen LogP) is 3.92. The highest BCUT2D eigenvalue weighted by Gasteiger charge is 2.32. The number of para-hydroxylation sites is 1. The molecule has 128 valence electrons. The van der Waals surface area contributed by atoms with E-state index in [1.165, 1.54) is 5.56 Å². The molecular weight excluding hydrogens is 300 g/mol. The highest BCUT2D eigenvalue weighted by atomic mass is 16.5. The number of hydrogen-bond acceptors (Lipinski definition) is 3. The number of fused-ring (bicyclic) bond motifs is 1. The first kappa shape index (κ1) is 16.6. The molecule has 4 nitrogen and oxygen atoms in total. The smallest absolute Gasteiger partial charge is 0.224 e. The van der Waals surface area contributed by atoms with E-state index in [4.69, 9.17) is 4.74 Å². The van der Waals surface area contributed by atoms with Crippen LogP contribution in [0.1, 0.15) is 45.2 Å². The van der Waals surface area contributed by atoms with Crippen molar-refractivity contribution in [3.05, 3.63) is 53.4 Å². The van der Waals surface area contributed by atoms with Gasteiger partial charge in [-0.2, -0.15) is 0 Å². The molecule has 0 saturated carbocycles. The van der Waals surface area contributed by atoms with Crippen LogP contribution in [0.3, 0.4) is 0 Å². The van der Waals surface area contributed by atoms with E-state index in [2.05, 4.69) is 37.4 Å². The summed E-state index contributed by atoms with van der Waals surface area (Å²) in [6.07, 6.45) is 6.26. The van der Waals surface area contributed by atoms with Crippen LogP contribution < -0.4 is 10.2 Å². The molecule has 1 aromatic rings. The standard InChI is InChI=1S/C20H26N2O2/c1-13-9-10-20(24-4)18(11-13)21-17-12-14(2)22(15(3)23)19-8-6-5-7-16(17)19/h5-8,10-11,13-14,17,21H,9,12H2,1-4H3/t13-,14?,17?/m1/s1. The number of anilines is 1. The zero-order chi connectivity index (χ0) is 17.3. The lowest BCUT2D eigenvalue weighted by atomic mass is 9.90. The fourth-order valence-electron chi connectivity index (χ4n) is 3.77. The first-order valence-corrected chi connectivity index (χ1v) is 8.62. The third kappa shape index (κ3) is 3.05. The molecule has 0 fully saturated rings. The van der Waals surface area contributed by atoms with Crippen LogP contribution in [0, 0.1) is 5.92 Å². The third-order valence-electron chi connectivity index (χ3n) is 4.87. The van der Waals surface area contributed by atoms with E-state index in [9.17, 15) is 4.79 Å². The van der Waals surface area contributed by atoms with Crippen LogP contribution in [0.5, 0.6) is 0 Å². The van der Waals surface area contributed by atoms with Crippen LogP contribution >= 0.6 is 0 Å². The summed E-state index contributed by atoms with van der Waals surface area (Å²) < 4.78 is 5.53. The summed E-state index contributed by atoms with van der Waals surface area (Å²) in [5.41, 5.74) is 3.23. The van der Waals surface area contributed by atoms with Gasteiger partial charge in [0, 0.05) is 18.7 Å². The van der Waals surface area contributed by atoms with Crippen molar-refractivity contribution < 1.29 is 9.53 Å². The second-order valence-corrected chi connectivity index (χ2v) is 6.80. The zero-order valence-corrected chi connectivity index (χ0v) is 14.9. The Kier molecular flexibility index (Phi) is 4.65. The molecule has 3 atom stereocenters. The van der Waals surface area contributed by atoms with Crippen molar-refractivity contribution in [2.24, 2.45) is 5.92 Å². The van der Waals surface area contributed by atoms with Gasteiger partial charge in [-0.1, -0.05) is 31.2 Å². The molecule has 1 amide bonds. The first-order chi connectivity index (χ1) is 11.5. The maximum Gasteiger partial charge on any atom is 0.224 e. The van der Waals surface area contributed by atoms with Gasteiger partial charge in [0.25, 0.3) is 0 Å². The fourth-order valence-corrected chi connectivity index (χ4v) is 3.77. The molecule has 1 aliphatic carbocycles. The molecular formula is C20H26N2O2. The van der Waals surface area contributed by atoms with E-state index < -0.39 is 0 Å². The summed E-state index contributed by atoms with van der Waals surface area (Å²) in [5.74, 6) is 1.50. The van der Waals surface area contributed by atoms with E-state index in [0.29, 0.717) is 5.92 Å². The normalized spacial score (nSPS) is 26.2. The summed E-state index contributed by atoms with van der Waals surface area (Å²) in [7, 11) is 1.71. The molecule has 0 bridgehead atoms. The molecule has 2 aliphatic rings. The van der Waals surface area contributed by atoms with Crippen LogP contribution in [0.4, 0.5) is 5.69 Å². The summed E-state index contributed by atoms with van der Waals surface area (Å²) in [5, 5.41) is 3.67. The van der Waals surface area contributed by atoms with Gasteiger partial charge < -0.3 is 15.0 Å². The first-order valence-electron chi connectivity index (χ1n) is 8.62. The van der Waals surface area contributed by atoms with Crippen molar-refractivity contribution >= 4 is 11.6 Å². The Bertz CT molecular complexity index is 693. The number of nitrogens with one attached hydrogen (secondary N) is 1. The summed E-state index contributed by atoms with van der Waals surface area (Å²) in [4.78, 5) is 14.0. The maximum atomic E-state index is 12.1. The molecule has 0 saturated heterocycles. The van der Waals surface area contributed by atoms with Gasteiger partial charge in [0.1, 0.15) is 5.76 Å². The van der Waals surface area contributed by atoms with Gasteiger partial charge in [-0.3, -0.25) is 4.79 Å². The Hall–Kier alpha value is -2.23. The molecule has 0 radical (unpaired) electrons. The van der Waals surface area contributed by atoms with E-state index in [1.807, 2.05) is 23.1 Å². The second kappa shape index (κ2) is 6.71. The summed E-state index contributed by atoms with van der Waals surface area (Å²) in [6.45, 7) is 5.95. The van der Waals surface area contributed by atoms with Crippen LogP contribution in [0.2, 0.25) is 0 Å². The molecule has 4 heteroatoms. The quantitative estimate of drug-likeness (QED) is 0.915. The molecule has 1 aliphatic heterocycles. The number of ether oxygens (including phenoxy) is 1. The van der Waals surface area contributed by atoms with Crippen LogP contribution in [0.15, 0.2) is 47.9 Å². The fraction of sp³-hybridized carbons (Fsp3) is 0.450. The number of hydrogen-bond donors (Lipinski definition) is 1. The lowest BCUT2D eigenvalue weighted by molar-refractivity contribution is -0.117. The van der Waals surface area contributed by atoms with Gasteiger partial charge in [-0.15, -0.1) is 0 Å². The molecule has 24 heavy (non-hydrogen) atoms. The van der Waals surface area contributed by atoms with E-state index in [1.54, 1.807) is 14.0 Å². The number of carbonyl (C=O) groups excluding carboxylic acids is 1. The van der Waals surface area contributed by atoms with Crippen LogP contribution in [-0.4, -0.2) is 19.1 Å². The van der Waals surface area contributed by atoms with Gasteiger partial charge in [0.05, 0.1) is 18.8 Å². The highest BCUT2D eigenvalue weighted by Crippen LogP contribution is 2.38. The molecule has 0 spiro atoms. The van der Waals surface area contributed by atoms with Crippen molar-refractivity contribution in [1.29, 1.82) is 0 Å². The van der Waals surface area contributed by atoms with E-state index >= 15 is 0 Å². The Morgan fingerprint density at radius 2 is 2.04 bits per heavy atom. The number of carbonyl (C=O) groups is 1. The molecule has 2 unspecified atom stereocenters. The minimum Gasteiger partial charge on any atom is -0.495 e. The minimum absolute atomic E-state index is 0.0939. The minimum atomic E-state index is 0.0939. The van der Waals surface area contributed by atoms with E-state index in [0.717, 1.165) is 30.0 Å². The lowest BCUT2D eigenvalue weighted by Gasteiger charge is -2.40. The molecule has 1 aromatic carbocycles. The topological polar surface area (TPSA) is 41.6 Å².